The largest absolute Gasteiger partial charge is 0.378 e. The highest BCUT2D eigenvalue weighted by atomic mass is 16.3. The fourth-order valence-electron chi connectivity index (χ4n) is 7.87. The summed E-state index contributed by atoms with van der Waals surface area (Å²) in [5, 5.41) is 12.2. The molecule has 190 valence electrons. The van der Waals surface area contributed by atoms with Crippen molar-refractivity contribution in [3.05, 3.63) is 94.9 Å². The maximum atomic E-state index is 12.2. The molecule has 3 nitrogen and oxygen atoms in total. The predicted molar refractivity (Wildman–Crippen MR) is 151 cm³/mol. The molecule has 0 aliphatic heterocycles. The van der Waals surface area contributed by atoms with Crippen molar-refractivity contribution in [3.8, 4) is 11.8 Å². The Morgan fingerprint density at radius 1 is 1.05 bits per heavy atom. The van der Waals surface area contributed by atoms with Crippen molar-refractivity contribution in [2.24, 2.45) is 17.3 Å². The van der Waals surface area contributed by atoms with Crippen LogP contribution in [-0.4, -0.2) is 29.8 Å². The standard InChI is InChI=1S/C34H38N2O/c1-23-8-14-28-25(21-23)11-15-29-31-17-19-34(37,18-16-26-7-5-6-20-35-26)33(31,2)22-30(32(28)29)24-9-12-27(13-10-24)36(3)4/h5-7,9-10,12-13,20-21,29-31,37H,1,8,11,14-15,17,19,22H2,2-4H3/t29-,30+,31-,33-,34-/m0/s1. The summed E-state index contributed by atoms with van der Waals surface area (Å²) in [7, 11) is 4.18. The van der Waals surface area contributed by atoms with Crippen molar-refractivity contribution >= 4 is 5.69 Å². The fourth-order valence-corrected chi connectivity index (χ4v) is 7.87. The van der Waals surface area contributed by atoms with Crippen molar-refractivity contribution in [3.63, 3.8) is 0 Å². The Bertz CT molecular complexity index is 1340. The minimum atomic E-state index is -1.01. The molecule has 2 saturated carbocycles. The van der Waals surface area contributed by atoms with Gasteiger partial charge in [0.1, 0.15) is 11.3 Å². The normalized spacial score (nSPS) is 32.5. The van der Waals surface area contributed by atoms with E-state index in [4.69, 9.17) is 0 Å². The molecule has 1 heterocycles. The van der Waals surface area contributed by atoms with Gasteiger partial charge in [-0.2, -0.15) is 0 Å². The van der Waals surface area contributed by atoms with Crippen LogP contribution in [-0.2, 0) is 0 Å². The maximum absolute atomic E-state index is 12.2. The van der Waals surface area contributed by atoms with Gasteiger partial charge in [-0.05, 0) is 104 Å². The van der Waals surface area contributed by atoms with E-state index >= 15 is 0 Å². The number of allylic oxidation sites excluding steroid dienone is 5. The molecular weight excluding hydrogens is 452 g/mol. The van der Waals surface area contributed by atoms with Crippen LogP contribution in [0.3, 0.4) is 0 Å². The minimum absolute atomic E-state index is 0.270. The van der Waals surface area contributed by atoms with Crippen LogP contribution in [0.1, 0.15) is 69.0 Å². The van der Waals surface area contributed by atoms with Gasteiger partial charge in [0.05, 0.1) is 0 Å². The number of rotatable bonds is 2. The van der Waals surface area contributed by atoms with Crippen molar-refractivity contribution in [2.75, 3.05) is 19.0 Å². The first-order valence-corrected chi connectivity index (χ1v) is 13.8. The molecule has 0 unspecified atom stereocenters. The highest BCUT2D eigenvalue weighted by Gasteiger charge is 2.62. The molecule has 3 heteroatoms. The van der Waals surface area contributed by atoms with Gasteiger partial charge in [0.2, 0.25) is 0 Å². The van der Waals surface area contributed by atoms with Crippen molar-refractivity contribution in [1.82, 2.24) is 4.98 Å². The average molecular weight is 491 g/mol. The van der Waals surface area contributed by atoms with Crippen LogP contribution in [0.2, 0.25) is 0 Å². The molecule has 6 rings (SSSR count). The molecule has 0 saturated heterocycles. The van der Waals surface area contributed by atoms with E-state index in [1.807, 2.05) is 18.2 Å². The Morgan fingerprint density at radius 3 is 2.59 bits per heavy atom. The zero-order valence-corrected chi connectivity index (χ0v) is 22.4. The summed E-state index contributed by atoms with van der Waals surface area (Å²) in [6.45, 7) is 6.61. The van der Waals surface area contributed by atoms with Gasteiger partial charge in [-0.3, -0.25) is 0 Å². The van der Waals surface area contributed by atoms with E-state index in [2.05, 4.69) is 79.7 Å². The van der Waals surface area contributed by atoms with Crippen LogP contribution in [0.25, 0.3) is 0 Å². The molecule has 1 N–H and O–H groups in total. The average Bonchev–Trinajstić information content (AvgIpc) is 3.17. The van der Waals surface area contributed by atoms with Gasteiger partial charge in [-0.1, -0.05) is 54.8 Å². The number of benzene rings is 1. The second-order valence-electron chi connectivity index (χ2n) is 12.0. The molecular formula is C34H38N2O. The number of aliphatic hydroxyl groups is 1. The zero-order chi connectivity index (χ0) is 25.8. The molecule has 0 amide bonds. The van der Waals surface area contributed by atoms with Gasteiger partial charge in [0.25, 0.3) is 0 Å². The Hall–Kier alpha value is -3.09. The van der Waals surface area contributed by atoms with Crippen LogP contribution < -0.4 is 4.90 Å². The third-order valence-electron chi connectivity index (χ3n) is 9.88. The summed E-state index contributed by atoms with van der Waals surface area (Å²) in [5.74, 6) is 7.85. The minimum Gasteiger partial charge on any atom is -0.378 e. The summed E-state index contributed by atoms with van der Waals surface area (Å²) in [6.07, 6.45) is 11.3. The second kappa shape index (κ2) is 9.03. The molecule has 1 aromatic carbocycles. The maximum Gasteiger partial charge on any atom is 0.131 e. The SMILES string of the molecule is C=C1C=C2CC[C@@H]3C(=C2CC1)[C@@H](c1ccc(N(C)C)cc1)C[C@@]1(C)[C@H]3CC[C@@]1(O)C#Cc1ccccn1. The molecule has 5 atom stereocenters. The number of fused-ring (bicyclic) bond motifs is 4. The molecule has 37 heavy (non-hydrogen) atoms. The summed E-state index contributed by atoms with van der Waals surface area (Å²) in [4.78, 5) is 6.55. The van der Waals surface area contributed by atoms with Gasteiger partial charge in [0.15, 0.2) is 0 Å². The number of pyridine rings is 1. The zero-order valence-electron chi connectivity index (χ0n) is 22.4. The number of hydrogen-bond donors (Lipinski definition) is 1. The second-order valence-corrected chi connectivity index (χ2v) is 12.0. The lowest BCUT2D eigenvalue weighted by atomic mass is 9.51. The van der Waals surface area contributed by atoms with Crippen LogP contribution in [0.15, 0.2) is 83.6 Å². The highest BCUT2D eigenvalue weighted by Crippen LogP contribution is 2.66. The molecule has 0 radical (unpaired) electrons. The first-order valence-electron chi connectivity index (χ1n) is 13.8. The lowest BCUT2D eigenvalue weighted by Crippen LogP contribution is -2.51. The monoisotopic (exact) mass is 490 g/mol. The number of anilines is 1. The molecule has 4 aliphatic rings. The fraction of sp³-hybridized carbons (Fsp3) is 0.441. The van der Waals surface area contributed by atoms with E-state index in [0.29, 0.717) is 17.8 Å². The van der Waals surface area contributed by atoms with E-state index in [1.165, 1.54) is 22.4 Å². The molecule has 4 aliphatic carbocycles. The molecule has 2 aromatic rings. The van der Waals surface area contributed by atoms with E-state index in [9.17, 15) is 5.11 Å². The first kappa shape index (κ1) is 24.3. The molecule has 0 spiro atoms. The van der Waals surface area contributed by atoms with Gasteiger partial charge in [-0.15, -0.1) is 0 Å². The van der Waals surface area contributed by atoms with Crippen LogP contribution in [0.4, 0.5) is 5.69 Å². The Balaban J connectivity index is 1.46. The van der Waals surface area contributed by atoms with Crippen molar-refractivity contribution in [2.45, 2.75) is 63.4 Å². The summed E-state index contributed by atoms with van der Waals surface area (Å²) < 4.78 is 0. The van der Waals surface area contributed by atoms with Gasteiger partial charge in [-0.25, -0.2) is 4.98 Å². The summed E-state index contributed by atoms with van der Waals surface area (Å²) in [6, 6.07) is 14.9. The highest BCUT2D eigenvalue weighted by molar-refractivity contribution is 5.54. The number of aromatic nitrogens is 1. The summed E-state index contributed by atoms with van der Waals surface area (Å²) in [5.41, 5.74) is 8.08. The Labute approximate surface area is 222 Å². The first-order chi connectivity index (χ1) is 17.8. The Morgan fingerprint density at radius 2 is 1.86 bits per heavy atom. The smallest absolute Gasteiger partial charge is 0.131 e. The van der Waals surface area contributed by atoms with E-state index in [-0.39, 0.29) is 5.41 Å². The summed E-state index contributed by atoms with van der Waals surface area (Å²) >= 11 is 0. The number of nitrogens with zero attached hydrogens (tertiary/aromatic N) is 2. The van der Waals surface area contributed by atoms with Crippen LogP contribution in [0.5, 0.6) is 0 Å². The van der Waals surface area contributed by atoms with Crippen molar-refractivity contribution < 1.29 is 5.11 Å². The van der Waals surface area contributed by atoms with Gasteiger partial charge >= 0.3 is 0 Å². The molecule has 1 aromatic heterocycles. The lowest BCUT2D eigenvalue weighted by molar-refractivity contribution is -0.0513. The van der Waals surface area contributed by atoms with E-state index in [1.54, 1.807) is 17.3 Å². The van der Waals surface area contributed by atoms with Crippen LogP contribution in [0, 0.1) is 29.1 Å². The van der Waals surface area contributed by atoms with E-state index in [0.717, 1.165) is 50.6 Å². The van der Waals surface area contributed by atoms with Crippen LogP contribution >= 0.6 is 0 Å². The number of hydrogen-bond acceptors (Lipinski definition) is 3. The third kappa shape index (κ3) is 3.98. The van der Waals surface area contributed by atoms with Gasteiger partial charge < -0.3 is 10.0 Å². The topological polar surface area (TPSA) is 36.4 Å². The van der Waals surface area contributed by atoms with Crippen molar-refractivity contribution in [1.29, 1.82) is 0 Å². The van der Waals surface area contributed by atoms with E-state index < -0.39 is 5.60 Å². The molecule has 0 bridgehead atoms. The molecule has 2 fully saturated rings. The lowest BCUT2D eigenvalue weighted by Gasteiger charge is -2.53. The third-order valence-corrected chi connectivity index (χ3v) is 9.88. The Kier molecular flexibility index (Phi) is 5.92. The quantitative estimate of drug-likeness (QED) is 0.470. The van der Waals surface area contributed by atoms with Gasteiger partial charge in [0, 0.05) is 37.3 Å². The predicted octanol–water partition coefficient (Wildman–Crippen LogP) is 6.82.